The minimum absolute atomic E-state index is 0.199. The lowest BCUT2D eigenvalue weighted by Gasteiger charge is -2.22. The molecule has 0 aliphatic carbocycles. The molecule has 0 bridgehead atoms. The Kier molecular flexibility index (Phi) is 3.47. The quantitative estimate of drug-likeness (QED) is 0.825. The average Bonchev–Trinajstić information content (AvgIpc) is 2.76. The van der Waals surface area contributed by atoms with Crippen LogP contribution in [-0.4, -0.2) is 44.9 Å². The van der Waals surface area contributed by atoms with Crippen LogP contribution >= 0.6 is 0 Å². The van der Waals surface area contributed by atoms with E-state index in [9.17, 15) is 9.90 Å². The first-order valence-corrected chi connectivity index (χ1v) is 6.11. The molecule has 18 heavy (non-hydrogen) atoms. The van der Waals surface area contributed by atoms with Crippen molar-refractivity contribution in [1.82, 2.24) is 15.1 Å². The molecule has 1 fully saturated rings. The minimum atomic E-state index is -0.733. The van der Waals surface area contributed by atoms with Crippen molar-refractivity contribution in [3.05, 3.63) is 18.0 Å². The van der Waals surface area contributed by atoms with Gasteiger partial charge in [0, 0.05) is 6.54 Å². The van der Waals surface area contributed by atoms with Crippen molar-refractivity contribution in [1.29, 1.82) is 0 Å². The number of likely N-dealkylation sites (tertiary alicyclic amines) is 1. The first-order chi connectivity index (χ1) is 8.54. The van der Waals surface area contributed by atoms with Gasteiger partial charge in [-0.05, 0) is 25.8 Å². The Morgan fingerprint density at radius 3 is 3.06 bits per heavy atom. The van der Waals surface area contributed by atoms with Crippen molar-refractivity contribution in [3.8, 4) is 0 Å². The molecule has 2 rings (SSSR count). The number of aryl methyl sites for hydroxylation is 1. The van der Waals surface area contributed by atoms with Gasteiger partial charge >= 0.3 is 6.03 Å². The number of carbonyl (C=O) groups excluding carboxylic acids is 1. The third kappa shape index (κ3) is 2.59. The van der Waals surface area contributed by atoms with Gasteiger partial charge in [-0.1, -0.05) is 6.92 Å². The first kappa shape index (κ1) is 12.8. The molecular weight excluding hydrogens is 232 g/mol. The van der Waals surface area contributed by atoms with Gasteiger partial charge in [0.25, 0.3) is 0 Å². The van der Waals surface area contributed by atoms with Crippen molar-refractivity contribution in [3.63, 3.8) is 0 Å². The van der Waals surface area contributed by atoms with Crippen LogP contribution in [0.2, 0.25) is 0 Å². The lowest BCUT2D eigenvalue weighted by molar-refractivity contribution is 0.0492. The smallest absolute Gasteiger partial charge is 0.321 e. The van der Waals surface area contributed by atoms with Crippen molar-refractivity contribution >= 4 is 11.7 Å². The molecule has 1 unspecified atom stereocenters. The van der Waals surface area contributed by atoms with E-state index in [0.29, 0.717) is 37.3 Å². The van der Waals surface area contributed by atoms with Crippen molar-refractivity contribution < 1.29 is 9.90 Å². The zero-order chi connectivity index (χ0) is 13.2. The Morgan fingerprint density at radius 2 is 2.44 bits per heavy atom. The number of carbonyl (C=O) groups is 1. The van der Waals surface area contributed by atoms with E-state index in [1.807, 2.05) is 6.92 Å². The summed E-state index contributed by atoms with van der Waals surface area (Å²) in [4.78, 5) is 13.7. The summed E-state index contributed by atoms with van der Waals surface area (Å²) in [6.07, 6.45) is 2.83. The molecule has 2 N–H and O–H groups in total. The molecule has 2 amide bonds. The maximum absolute atomic E-state index is 12.0. The number of aromatic nitrogens is 2. The number of urea groups is 1. The van der Waals surface area contributed by atoms with Crippen LogP contribution in [0.5, 0.6) is 0 Å². The maximum atomic E-state index is 12.0. The van der Waals surface area contributed by atoms with Gasteiger partial charge in [0.1, 0.15) is 0 Å². The standard InChI is InChI=1S/C12H18N4O2/c1-3-12(18)5-7-16(8-12)11(17)14-10-4-6-13-15-9(10)2/h4,6,18H,3,5,7-8H2,1-2H3,(H,13,14,17). The van der Waals surface area contributed by atoms with Crippen molar-refractivity contribution in [2.24, 2.45) is 0 Å². The highest BCUT2D eigenvalue weighted by Crippen LogP contribution is 2.25. The topological polar surface area (TPSA) is 78.4 Å². The molecule has 98 valence electrons. The van der Waals surface area contributed by atoms with Gasteiger partial charge in [0.2, 0.25) is 0 Å². The molecule has 0 saturated carbocycles. The fraction of sp³-hybridized carbons (Fsp3) is 0.583. The second-order valence-corrected chi connectivity index (χ2v) is 4.71. The van der Waals surface area contributed by atoms with Crippen LogP contribution in [0.15, 0.2) is 12.3 Å². The number of β-amino-alcohol motifs (C(OH)–C–C–N with tert-alkyl or cyclic N) is 1. The van der Waals surface area contributed by atoms with Crippen LogP contribution in [0.25, 0.3) is 0 Å². The summed E-state index contributed by atoms with van der Waals surface area (Å²) in [6, 6.07) is 1.51. The summed E-state index contributed by atoms with van der Waals surface area (Å²) >= 11 is 0. The molecule has 0 radical (unpaired) electrons. The summed E-state index contributed by atoms with van der Waals surface area (Å²) < 4.78 is 0. The molecule has 6 nitrogen and oxygen atoms in total. The number of anilines is 1. The van der Waals surface area contributed by atoms with E-state index in [0.717, 1.165) is 0 Å². The van der Waals surface area contributed by atoms with Crippen LogP contribution in [-0.2, 0) is 0 Å². The van der Waals surface area contributed by atoms with Gasteiger partial charge in [0.15, 0.2) is 0 Å². The lowest BCUT2D eigenvalue weighted by Crippen LogP contribution is -2.38. The Hall–Kier alpha value is -1.69. The highest BCUT2D eigenvalue weighted by molar-refractivity contribution is 5.90. The van der Waals surface area contributed by atoms with Gasteiger partial charge in [-0.3, -0.25) is 0 Å². The van der Waals surface area contributed by atoms with E-state index >= 15 is 0 Å². The molecule has 1 aliphatic rings. The largest absolute Gasteiger partial charge is 0.388 e. The predicted octanol–water partition coefficient (Wildman–Crippen LogP) is 1.16. The third-order valence-electron chi connectivity index (χ3n) is 3.42. The number of hydrogen-bond acceptors (Lipinski definition) is 4. The summed E-state index contributed by atoms with van der Waals surface area (Å²) in [5.41, 5.74) is 0.598. The highest BCUT2D eigenvalue weighted by atomic mass is 16.3. The van der Waals surface area contributed by atoms with E-state index in [1.54, 1.807) is 17.9 Å². The summed E-state index contributed by atoms with van der Waals surface area (Å²) in [5, 5.41) is 20.5. The Labute approximate surface area is 106 Å². The van der Waals surface area contributed by atoms with E-state index in [4.69, 9.17) is 0 Å². The summed E-state index contributed by atoms with van der Waals surface area (Å²) in [6.45, 7) is 4.67. The zero-order valence-electron chi connectivity index (χ0n) is 10.7. The Balaban J connectivity index is 2.00. The molecular formula is C12H18N4O2. The molecule has 1 aliphatic heterocycles. The summed E-state index contributed by atoms with van der Waals surface area (Å²) in [5.74, 6) is 0. The van der Waals surface area contributed by atoms with Crippen LogP contribution in [0.3, 0.4) is 0 Å². The van der Waals surface area contributed by atoms with Gasteiger partial charge < -0.3 is 15.3 Å². The molecule has 1 saturated heterocycles. The van der Waals surface area contributed by atoms with Crippen LogP contribution < -0.4 is 5.32 Å². The lowest BCUT2D eigenvalue weighted by atomic mass is 10.0. The Bertz CT molecular complexity index is 451. The van der Waals surface area contributed by atoms with E-state index in [-0.39, 0.29) is 6.03 Å². The molecule has 1 aromatic rings. The molecule has 0 aromatic carbocycles. The van der Waals surface area contributed by atoms with Gasteiger partial charge in [0.05, 0.1) is 29.7 Å². The van der Waals surface area contributed by atoms with E-state index in [1.165, 1.54) is 6.20 Å². The SMILES string of the molecule is CCC1(O)CCN(C(=O)Nc2ccnnc2C)C1. The Morgan fingerprint density at radius 1 is 1.67 bits per heavy atom. The zero-order valence-corrected chi connectivity index (χ0v) is 10.7. The number of nitrogens with zero attached hydrogens (tertiary/aromatic N) is 3. The number of nitrogens with one attached hydrogen (secondary N) is 1. The first-order valence-electron chi connectivity index (χ1n) is 6.11. The average molecular weight is 250 g/mol. The molecule has 0 spiro atoms. The van der Waals surface area contributed by atoms with E-state index in [2.05, 4.69) is 15.5 Å². The van der Waals surface area contributed by atoms with Gasteiger partial charge in [-0.15, -0.1) is 0 Å². The van der Waals surface area contributed by atoms with Crippen LogP contribution in [0.4, 0.5) is 10.5 Å². The molecule has 1 aromatic heterocycles. The summed E-state index contributed by atoms with van der Waals surface area (Å²) in [7, 11) is 0. The van der Waals surface area contributed by atoms with Crippen molar-refractivity contribution in [2.75, 3.05) is 18.4 Å². The number of rotatable bonds is 2. The third-order valence-corrected chi connectivity index (χ3v) is 3.42. The highest BCUT2D eigenvalue weighted by Gasteiger charge is 2.36. The van der Waals surface area contributed by atoms with Crippen molar-refractivity contribution in [2.45, 2.75) is 32.3 Å². The maximum Gasteiger partial charge on any atom is 0.321 e. The fourth-order valence-electron chi connectivity index (χ4n) is 2.05. The number of hydrogen-bond donors (Lipinski definition) is 2. The van der Waals surface area contributed by atoms with E-state index < -0.39 is 5.60 Å². The second kappa shape index (κ2) is 4.89. The second-order valence-electron chi connectivity index (χ2n) is 4.71. The van der Waals surface area contributed by atoms with Gasteiger partial charge in [-0.25, -0.2) is 4.79 Å². The van der Waals surface area contributed by atoms with Crippen LogP contribution in [0.1, 0.15) is 25.5 Å². The van der Waals surface area contributed by atoms with Crippen LogP contribution in [0, 0.1) is 6.92 Å². The molecule has 6 heteroatoms. The molecule has 1 atom stereocenters. The monoisotopic (exact) mass is 250 g/mol. The minimum Gasteiger partial charge on any atom is -0.388 e. The predicted molar refractivity (Wildman–Crippen MR) is 67.2 cm³/mol. The fourth-order valence-corrected chi connectivity index (χ4v) is 2.05. The number of aliphatic hydroxyl groups is 1. The number of amides is 2. The normalized spacial score (nSPS) is 23.2. The van der Waals surface area contributed by atoms with Gasteiger partial charge in [-0.2, -0.15) is 10.2 Å². The molecule has 2 heterocycles.